The number of benzene rings is 1. The Labute approximate surface area is 99.5 Å². The van der Waals surface area contributed by atoms with E-state index in [-0.39, 0.29) is 12.4 Å². The smallest absolute Gasteiger partial charge is 0.129 e. The summed E-state index contributed by atoms with van der Waals surface area (Å²) in [5.74, 6) is -1.25. The third-order valence-corrected chi connectivity index (χ3v) is 2.68. The van der Waals surface area contributed by atoms with Crippen molar-refractivity contribution < 1.29 is 18.3 Å². The van der Waals surface area contributed by atoms with Crippen molar-refractivity contribution in [3.8, 4) is 5.75 Å². The fourth-order valence-corrected chi connectivity index (χ4v) is 1.15. The van der Waals surface area contributed by atoms with Crippen LogP contribution in [0.2, 0.25) is 0 Å². The molecule has 5 heteroatoms. The molecular weight excluding hydrogens is 228 g/mol. The average molecular weight is 245 g/mol. The Bertz CT molecular complexity index is 363. The number of ether oxygens (including phenoxy) is 2. The van der Waals surface area contributed by atoms with Crippen LogP contribution in [0.4, 0.5) is 8.78 Å². The third kappa shape index (κ3) is 3.94. The van der Waals surface area contributed by atoms with Crippen LogP contribution >= 0.6 is 0 Å². The molecule has 1 atom stereocenters. The van der Waals surface area contributed by atoms with E-state index in [1.54, 1.807) is 7.11 Å². The molecule has 17 heavy (non-hydrogen) atoms. The summed E-state index contributed by atoms with van der Waals surface area (Å²) in [4.78, 5) is 0. The second-order valence-electron chi connectivity index (χ2n) is 4.33. The minimum Gasteiger partial charge on any atom is -0.492 e. The van der Waals surface area contributed by atoms with E-state index in [1.807, 2.05) is 13.8 Å². The van der Waals surface area contributed by atoms with Crippen LogP contribution in [0.15, 0.2) is 18.2 Å². The molecule has 0 aliphatic carbocycles. The molecule has 0 saturated carbocycles. The van der Waals surface area contributed by atoms with Gasteiger partial charge in [-0.1, -0.05) is 0 Å². The molecule has 1 aromatic rings. The van der Waals surface area contributed by atoms with Gasteiger partial charge in [0.25, 0.3) is 0 Å². The van der Waals surface area contributed by atoms with Gasteiger partial charge in [0.2, 0.25) is 0 Å². The molecule has 1 rings (SSSR count). The van der Waals surface area contributed by atoms with E-state index in [0.717, 1.165) is 18.2 Å². The molecule has 0 bridgehead atoms. The van der Waals surface area contributed by atoms with Gasteiger partial charge in [-0.05, 0) is 13.8 Å². The second kappa shape index (κ2) is 5.42. The highest BCUT2D eigenvalue weighted by molar-refractivity contribution is 5.23. The fraction of sp³-hybridized carbons (Fsp3) is 0.500. The van der Waals surface area contributed by atoms with E-state index in [1.165, 1.54) is 0 Å². The van der Waals surface area contributed by atoms with Crippen molar-refractivity contribution in [2.75, 3.05) is 13.7 Å². The quantitative estimate of drug-likeness (QED) is 0.864. The van der Waals surface area contributed by atoms with Gasteiger partial charge in [-0.25, -0.2) is 8.78 Å². The lowest BCUT2D eigenvalue weighted by atomic mass is 10.0. The Morgan fingerprint density at radius 3 is 2.24 bits per heavy atom. The van der Waals surface area contributed by atoms with E-state index in [0.29, 0.717) is 0 Å². The highest BCUT2D eigenvalue weighted by atomic mass is 19.1. The Hall–Kier alpha value is -1.20. The summed E-state index contributed by atoms with van der Waals surface area (Å²) < 4.78 is 36.2. The number of nitrogens with two attached hydrogens (primary N) is 1. The molecular formula is C12H17F2NO2. The number of methoxy groups -OCH3 is 1. The normalized spacial score (nSPS) is 13.5. The highest BCUT2D eigenvalue weighted by Gasteiger charge is 2.26. The van der Waals surface area contributed by atoms with Crippen LogP contribution in [-0.2, 0) is 4.74 Å². The van der Waals surface area contributed by atoms with Gasteiger partial charge in [0.1, 0.15) is 24.0 Å². The van der Waals surface area contributed by atoms with Gasteiger partial charge in [0, 0.05) is 25.3 Å². The maximum absolute atomic E-state index is 12.9. The van der Waals surface area contributed by atoms with E-state index in [2.05, 4.69) is 0 Å². The van der Waals surface area contributed by atoms with Gasteiger partial charge in [0.15, 0.2) is 0 Å². The lowest BCUT2D eigenvalue weighted by molar-refractivity contribution is -0.0110. The minimum atomic E-state index is -0.681. The maximum Gasteiger partial charge on any atom is 0.129 e. The van der Waals surface area contributed by atoms with Gasteiger partial charge in [-0.2, -0.15) is 0 Å². The SMILES string of the molecule is COC(C)(C)C(N)COc1cc(F)cc(F)c1. The summed E-state index contributed by atoms with van der Waals surface area (Å²) in [7, 11) is 1.54. The molecule has 0 saturated heterocycles. The van der Waals surface area contributed by atoms with Gasteiger partial charge in [-0.15, -0.1) is 0 Å². The first-order chi connectivity index (χ1) is 7.85. The number of hydrogen-bond acceptors (Lipinski definition) is 3. The van der Waals surface area contributed by atoms with E-state index in [4.69, 9.17) is 15.2 Å². The summed E-state index contributed by atoms with van der Waals surface area (Å²) in [5, 5.41) is 0. The first-order valence-electron chi connectivity index (χ1n) is 5.25. The predicted molar refractivity (Wildman–Crippen MR) is 60.9 cm³/mol. The summed E-state index contributed by atoms with van der Waals surface area (Å²) in [6, 6.07) is 2.59. The van der Waals surface area contributed by atoms with E-state index in [9.17, 15) is 8.78 Å². The third-order valence-electron chi connectivity index (χ3n) is 2.68. The number of rotatable bonds is 5. The first kappa shape index (κ1) is 13.9. The summed E-state index contributed by atoms with van der Waals surface area (Å²) in [6.07, 6.45) is 0. The zero-order valence-corrected chi connectivity index (χ0v) is 10.2. The van der Waals surface area contributed by atoms with Crippen molar-refractivity contribution in [2.24, 2.45) is 5.73 Å². The van der Waals surface area contributed by atoms with Crippen molar-refractivity contribution >= 4 is 0 Å². The van der Waals surface area contributed by atoms with Crippen LogP contribution in [0.3, 0.4) is 0 Å². The van der Waals surface area contributed by atoms with Crippen LogP contribution in [0.25, 0.3) is 0 Å². The Morgan fingerprint density at radius 1 is 1.24 bits per heavy atom. The molecule has 0 aliphatic rings. The van der Waals surface area contributed by atoms with Crippen LogP contribution in [0.5, 0.6) is 5.75 Å². The monoisotopic (exact) mass is 245 g/mol. The van der Waals surface area contributed by atoms with E-state index < -0.39 is 23.3 Å². The highest BCUT2D eigenvalue weighted by Crippen LogP contribution is 2.17. The van der Waals surface area contributed by atoms with Crippen molar-refractivity contribution in [2.45, 2.75) is 25.5 Å². The van der Waals surface area contributed by atoms with Crippen LogP contribution in [0, 0.1) is 11.6 Å². The second-order valence-corrected chi connectivity index (χ2v) is 4.33. The predicted octanol–water partition coefficient (Wildman–Crippen LogP) is 2.10. The van der Waals surface area contributed by atoms with Crippen molar-refractivity contribution in [1.82, 2.24) is 0 Å². The molecule has 96 valence electrons. The lowest BCUT2D eigenvalue weighted by Crippen LogP contribution is -2.48. The largest absolute Gasteiger partial charge is 0.492 e. The van der Waals surface area contributed by atoms with Gasteiger partial charge < -0.3 is 15.2 Å². The molecule has 0 spiro atoms. The van der Waals surface area contributed by atoms with Gasteiger partial charge in [-0.3, -0.25) is 0 Å². The fourth-order valence-electron chi connectivity index (χ4n) is 1.15. The summed E-state index contributed by atoms with van der Waals surface area (Å²) in [5.41, 5.74) is 5.28. The molecule has 0 aliphatic heterocycles. The zero-order chi connectivity index (χ0) is 13.1. The van der Waals surface area contributed by atoms with Crippen LogP contribution in [0.1, 0.15) is 13.8 Å². The standard InChI is InChI=1S/C12H17F2NO2/c1-12(2,16-3)11(15)7-17-10-5-8(13)4-9(14)6-10/h4-6,11H,7,15H2,1-3H3. The molecule has 0 heterocycles. The minimum absolute atomic E-state index is 0.115. The van der Waals surface area contributed by atoms with E-state index >= 15 is 0 Å². The molecule has 1 unspecified atom stereocenters. The first-order valence-corrected chi connectivity index (χ1v) is 5.25. The molecule has 0 amide bonds. The summed E-state index contributed by atoms with van der Waals surface area (Å²) in [6.45, 7) is 3.74. The molecule has 3 nitrogen and oxygen atoms in total. The number of hydrogen-bond donors (Lipinski definition) is 1. The molecule has 0 radical (unpaired) electrons. The molecule has 1 aromatic carbocycles. The Balaban J connectivity index is 2.61. The van der Waals surface area contributed by atoms with Crippen LogP contribution < -0.4 is 10.5 Å². The molecule has 0 fully saturated rings. The molecule has 0 aromatic heterocycles. The number of halogens is 2. The topological polar surface area (TPSA) is 44.5 Å². The average Bonchev–Trinajstić information content (AvgIpc) is 2.24. The Kier molecular flexibility index (Phi) is 4.42. The van der Waals surface area contributed by atoms with Crippen molar-refractivity contribution in [1.29, 1.82) is 0 Å². The van der Waals surface area contributed by atoms with Crippen molar-refractivity contribution in [3.05, 3.63) is 29.8 Å². The van der Waals surface area contributed by atoms with Gasteiger partial charge >= 0.3 is 0 Å². The summed E-state index contributed by atoms with van der Waals surface area (Å²) >= 11 is 0. The van der Waals surface area contributed by atoms with Crippen LogP contribution in [-0.4, -0.2) is 25.4 Å². The maximum atomic E-state index is 12.9. The lowest BCUT2D eigenvalue weighted by Gasteiger charge is -2.29. The zero-order valence-electron chi connectivity index (χ0n) is 10.2. The molecule has 2 N–H and O–H groups in total. The van der Waals surface area contributed by atoms with Gasteiger partial charge in [0.05, 0.1) is 11.6 Å². The van der Waals surface area contributed by atoms with Crippen molar-refractivity contribution in [3.63, 3.8) is 0 Å². The Morgan fingerprint density at radius 2 is 1.76 bits per heavy atom.